The number of benzene rings is 1. The van der Waals surface area contributed by atoms with Crippen LogP contribution in [0.15, 0.2) is 29.3 Å². The fourth-order valence-electron chi connectivity index (χ4n) is 1.52. The van der Waals surface area contributed by atoms with Gasteiger partial charge < -0.3 is 0 Å². The molecule has 0 N–H and O–H groups in total. The number of nitro benzene ring substituents is 1. The topological polar surface area (TPSA) is 83.0 Å². The summed E-state index contributed by atoms with van der Waals surface area (Å²) in [5.41, 5.74) is -0.984. The van der Waals surface area contributed by atoms with E-state index >= 15 is 0 Å². The molecule has 0 radical (unpaired) electrons. The summed E-state index contributed by atoms with van der Waals surface area (Å²) in [6.45, 7) is -0.146. The molecule has 0 spiro atoms. The number of hydrogen-bond donors (Lipinski definition) is 0. The van der Waals surface area contributed by atoms with Crippen molar-refractivity contribution in [1.82, 2.24) is 14.3 Å². The summed E-state index contributed by atoms with van der Waals surface area (Å²) in [5.74, 6) is -0.944. The van der Waals surface area contributed by atoms with Crippen LogP contribution < -0.4 is 5.69 Å². The Labute approximate surface area is 100 Å². The van der Waals surface area contributed by atoms with E-state index in [4.69, 9.17) is 0 Å². The highest BCUT2D eigenvalue weighted by molar-refractivity contribution is 5.36. The molecule has 0 bridgehead atoms. The first-order chi connectivity index (χ1) is 8.50. The molecule has 2 rings (SSSR count). The van der Waals surface area contributed by atoms with Crippen LogP contribution in [0.5, 0.6) is 0 Å². The zero-order chi connectivity index (χ0) is 13.3. The molecule has 0 unspecified atom stereocenters. The van der Waals surface area contributed by atoms with Gasteiger partial charge in [0.1, 0.15) is 6.33 Å². The van der Waals surface area contributed by atoms with Crippen LogP contribution in [-0.2, 0) is 13.6 Å². The first kappa shape index (κ1) is 12.0. The lowest BCUT2D eigenvalue weighted by Gasteiger charge is -2.02. The van der Waals surface area contributed by atoms with Crippen molar-refractivity contribution in [2.24, 2.45) is 7.05 Å². The van der Waals surface area contributed by atoms with Gasteiger partial charge in [-0.3, -0.25) is 14.7 Å². The number of aryl methyl sites for hydroxylation is 1. The van der Waals surface area contributed by atoms with E-state index in [1.807, 2.05) is 0 Å². The van der Waals surface area contributed by atoms with Gasteiger partial charge in [0.15, 0.2) is 0 Å². The largest absolute Gasteiger partial charge is 0.345 e. The molecule has 2 aromatic rings. The van der Waals surface area contributed by atoms with Crippen molar-refractivity contribution in [1.29, 1.82) is 0 Å². The monoisotopic (exact) mass is 252 g/mol. The highest BCUT2D eigenvalue weighted by atomic mass is 19.1. The van der Waals surface area contributed by atoms with Gasteiger partial charge in [-0.2, -0.15) is 9.49 Å². The second kappa shape index (κ2) is 4.40. The lowest BCUT2D eigenvalue weighted by molar-refractivity contribution is -0.387. The van der Waals surface area contributed by atoms with Crippen LogP contribution in [0.2, 0.25) is 0 Å². The highest BCUT2D eigenvalue weighted by Crippen LogP contribution is 2.20. The first-order valence-corrected chi connectivity index (χ1v) is 5.01. The Morgan fingerprint density at radius 1 is 1.50 bits per heavy atom. The number of nitro groups is 1. The molecule has 0 aliphatic heterocycles. The fourth-order valence-corrected chi connectivity index (χ4v) is 1.52. The van der Waals surface area contributed by atoms with E-state index in [2.05, 4.69) is 5.10 Å². The van der Waals surface area contributed by atoms with Crippen molar-refractivity contribution in [3.8, 4) is 0 Å². The minimum atomic E-state index is -0.944. The van der Waals surface area contributed by atoms with Crippen LogP contribution in [0.1, 0.15) is 5.56 Å². The summed E-state index contributed by atoms with van der Waals surface area (Å²) >= 11 is 0. The Hall–Kier alpha value is -2.51. The van der Waals surface area contributed by atoms with Crippen LogP contribution >= 0.6 is 0 Å². The summed E-state index contributed by atoms with van der Waals surface area (Å²) in [6.07, 6.45) is 1.29. The van der Waals surface area contributed by atoms with Gasteiger partial charge in [-0.15, -0.1) is 0 Å². The van der Waals surface area contributed by atoms with E-state index in [0.29, 0.717) is 0 Å². The van der Waals surface area contributed by atoms with E-state index in [1.165, 1.54) is 30.1 Å². The number of hydrogen-bond acceptors (Lipinski definition) is 4. The summed E-state index contributed by atoms with van der Waals surface area (Å²) in [7, 11) is 1.51. The number of aromatic nitrogens is 3. The molecule has 8 heteroatoms. The minimum absolute atomic E-state index is 0.0463. The third-order valence-corrected chi connectivity index (χ3v) is 2.46. The van der Waals surface area contributed by atoms with E-state index in [1.54, 1.807) is 0 Å². The van der Waals surface area contributed by atoms with Crippen molar-refractivity contribution in [2.45, 2.75) is 6.54 Å². The second-order valence-electron chi connectivity index (χ2n) is 3.69. The molecule has 1 heterocycles. The molecular formula is C10H9FN4O3. The van der Waals surface area contributed by atoms with Crippen LogP contribution in [0, 0.1) is 15.9 Å². The van der Waals surface area contributed by atoms with Gasteiger partial charge in [0.2, 0.25) is 5.82 Å². The molecule has 0 fully saturated rings. The third kappa shape index (κ3) is 1.99. The van der Waals surface area contributed by atoms with E-state index in [0.717, 1.165) is 10.7 Å². The van der Waals surface area contributed by atoms with Crippen molar-refractivity contribution in [3.63, 3.8) is 0 Å². The predicted molar refractivity (Wildman–Crippen MR) is 59.6 cm³/mol. The summed E-state index contributed by atoms with van der Waals surface area (Å²) in [5, 5.41) is 14.3. The maximum absolute atomic E-state index is 13.8. The van der Waals surface area contributed by atoms with Crippen LogP contribution in [0.4, 0.5) is 10.1 Å². The van der Waals surface area contributed by atoms with E-state index in [-0.39, 0.29) is 12.1 Å². The van der Waals surface area contributed by atoms with Crippen molar-refractivity contribution in [2.75, 3.05) is 0 Å². The van der Waals surface area contributed by atoms with Crippen LogP contribution in [0.3, 0.4) is 0 Å². The lowest BCUT2D eigenvalue weighted by Crippen LogP contribution is -2.23. The molecule has 7 nitrogen and oxygen atoms in total. The average molecular weight is 252 g/mol. The van der Waals surface area contributed by atoms with E-state index < -0.39 is 22.1 Å². The summed E-state index contributed by atoms with van der Waals surface area (Å²) in [4.78, 5) is 21.3. The summed E-state index contributed by atoms with van der Waals surface area (Å²) in [6, 6.07) is 3.81. The molecule has 18 heavy (non-hydrogen) atoms. The Morgan fingerprint density at radius 2 is 2.22 bits per heavy atom. The van der Waals surface area contributed by atoms with Crippen molar-refractivity contribution >= 4 is 5.69 Å². The fraction of sp³-hybridized carbons (Fsp3) is 0.200. The normalized spacial score (nSPS) is 10.6. The Kier molecular flexibility index (Phi) is 2.92. The molecule has 0 atom stereocenters. The highest BCUT2D eigenvalue weighted by Gasteiger charge is 2.18. The van der Waals surface area contributed by atoms with Gasteiger partial charge in [0.05, 0.1) is 11.5 Å². The number of halogens is 1. The molecule has 0 aliphatic rings. The standard InChI is InChI=1S/C10H9FN4O3/c1-13-6-12-14(10(13)16)5-7-3-2-4-8(9(7)11)15(17)18/h2-4,6H,5H2,1H3. The smallest absolute Gasteiger partial charge is 0.285 e. The average Bonchev–Trinajstić information content (AvgIpc) is 2.63. The zero-order valence-corrected chi connectivity index (χ0v) is 9.41. The van der Waals surface area contributed by atoms with E-state index in [9.17, 15) is 19.3 Å². The molecule has 0 saturated heterocycles. The quantitative estimate of drug-likeness (QED) is 0.594. The number of nitrogens with zero attached hydrogens (tertiary/aromatic N) is 4. The van der Waals surface area contributed by atoms with Gasteiger partial charge in [-0.25, -0.2) is 9.48 Å². The van der Waals surface area contributed by atoms with Crippen LogP contribution in [-0.4, -0.2) is 19.3 Å². The molecular weight excluding hydrogens is 243 g/mol. The molecule has 0 saturated carbocycles. The lowest BCUT2D eigenvalue weighted by atomic mass is 10.2. The summed E-state index contributed by atoms with van der Waals surface area (Å²) < 4.78 is 16.0. The minimum Gasteiger partial charge on any atom is -0.285 e. The van der Waals surface area contributed by atoms with Crippen molar-refractivity contribution in [3.05, 3.63) is 56.5 Å². The third-order valence-electron chi connectivity index (χ3n) is 2.46. The zero-order valence-electron chi connectivity index (χ0n) is 9.41. The molecule has 0 amide bonds. The SMILES string of the molecule is Cn1cnn(Cc2cccc([N+](=O)[O-])c2F)c1=O. The first-order valence-electron chi connectivity index (χ1n) is 5.01. The molecule has 1 aromatic heterocycles. The van der Waals surface area contributed by atoms with Gasteiger partial charge in [-0.05, 0) is 0 Å². The van der Waals surface area contributed by atoms with Gasteiger partial charge >= 0.3 is 11.4 Å². The van der Waals surface area contributed by atoms with Crippen LogP contribution in [0.25, 0.3) is 0 Å². The Balaban J connectivity index is 2.41. The Morgan fingerprint density at radius 3 is 2.78 bits per heavy atom. The number of rotatable bonds is 3. The van der Waals surface area contributed by atoms with Gasteiger partial charge in [0.25, 0.3) is 0 Å². The Bertz CT molecular complexity index is 661. The molecule has 1 aromatic carbocycles. The van der Waals surface area contributed by atoms with Gasteiger partial charge in [-0.1, -0.05) is 12.1 Å². The second-order valence-corrected chi connectivity index (χ2v) is 3.69. The predicted octanol–water partition coefficient (Wildman–Crippen LogP) is 0.677. The van der Waals surface area contributed by atoms with Crippen molar-refractivity contribution < 1.29 is 9.31 Å². The maximum Gasteiger partial charge on any atom is 0.345 e. The maximum atomic E-state index is 13.8. The molecule has 94 valence electrons. The van der Waals surface area contributed by atoms with Gasteiger partial charge in [0, 0.05) is 18.7 Å². The molecule has 0 aliphatic carbocycles.